The third kappa shape index (κ3) is 6.00. The number of rotatable bonds is 7. The van der Waals surface area contributed by atoms with Gasteiger partial charge in [0.15, 0.2) is 0 Å². The van der Waals surface area contributed by atoms with Crippen LogP contribution in [0.15, 0.2) is 122 Å². The number of carbonyl (C=O) groups is 2. The highest BCUT2D eigenvalue weighted by Gasteiger charge is 2.41. The molecule has 0 atom stereocenters. The molecule has 194 valence electrons. The van der Waals surface area contributed by atoms with Crippen LogP contribution in [0.4, 0.5) is 0 Å². The van der Waals surface area contributed by atoms with Gasteiger partial charge >= 0.3 is 5.97 Å². The first-order chi connectivity index (χ1) is 18.9. The minimum absolute atomic E-state index is 0.302. The van der Waals surface area contributed by atoms with Gasteiger partial charge in [-0.2, -0.15) is 10.2 Å². The molecular formula is C30H22Br2N4O3. The van der Waals surface area contributed by atoms with Crippen LogP contribution in [0.5, 0.6) is 5.75 Å². The van der Waals surface area contributed by atoms with Crippen molar-refractivity contribution in [2.45, 2.75) is 12.0 Å². The number of hydrazone groups is 2. The maximum Gasteiger partial charge on any atom is 0.343 e. The summed E-state index contributed by atoms with van der Waals surface area (Å²) in [5.74, 6) is -0.639. The molecule has 0 aromatic heterocycles. The molecule has 1 aliphatic heterocycles. The first kappa shape index (κ1) is 26.5. The zero-order valence-corrected chi connectivity index (χ0v) is 23.6. The second-order valence-corrected chi connectivity index (χ2v) is 10.6. The number of carbonyl (C=O) groups excluding carboxylic acids is 2. The van der Waals surface area contributed by atoms with Crippen molar-refractivity contribution in [2.24, 2.45) is 10.2 Å². The van der Waals surface area contributed by atoms with E-state index in [4.69, 9.17) is 4.74 Å². The van der Waals surface area contributed by atoms with E-state index in [9.17, 15) is 9.59 Å². The lowest BCUT2D eigenvalue weighted by atomic mass is 9.80. The zero-order valence-electron chi connectivity index (χ0n) is 20.5. The van der Waals surface area contributed by atoms with Gasteiger partial charge in [-0.25, -0.2) is 10.2 Å². The Kier molecular flexibility index (Phi) is 7.99. The highest BCUT2D eigenvalue weighted by molar-refractivity contribution is 9.10. The van der Waals surface area contributed by atoms with Crippen molar-refractivity contribution < 1.29 is 14.3 Å². The average Bonchev–Trinajstić information content (AvgIpc) is 3.43. The normalized spacial score (nSPS) is 13.9. The Morgan fingerprint density at radius 1 is 0.872 bits per heavy atom. The predicted octanol–water partition coefficient (Wildman–Crippen LogP) is 6.17. The molecule has 1 aliphatic rings. The Morgan fingerprint density at radius 2 is 1.49 bits per heavy atom. The molecule has 9 heteroatoms. The minimum atomic E-state index is -0.669. The van der Waals surface area contributed by atoms with E-state index < -0.39 is 17.4 Å². The number of benzene rings is 4. The smallest absolute Gasteiger partial charge is 0.343 e. The monoisotopic (exact) mass is 644 g/mol. The molecule has 0 radical (unpaired) electrons. The van der Waals surface area contributed by atoms with E-state index >= 15 is 0 Å². The van der Waals surface area contributed by atoms with Crippen LogP contribution >= 0.6 is 31.9 Å². The lowest BCUT2D eigenvalue weighted by molar-refractivity contribution is -0.114. The Hall–Kier alpha value is -4.08. The number of ether oxygens (including phenoxy) is 1. The highest BCUT2D eigenvalue weighted by atomic mass is 79.9. The van der Waals surface area contributed by atoms with Crippen LogP contribution in [0.1, 0.15) is 33.5 Å². The molecule has 2 N–H and O–H groups in total. The minimum Gasteiger partial charge on any atom is -0.422 e. The summed E-state index contributed by atoms with van der Waals surface area (Å²) in [6.45, 7) is 0. The molecule has 0 fully saturated rings. The number of hydrogen-bond donors (Lipinski definition) is 2. The van der Waals surface area contributed by atoms with E-state index in [1.807, 2.05) is 60.7 Å². The fourth-order valence-electron chi connectivity index (χ4n) is 4.25. The summed E-state index contributed by atoms with van der Waals surface area (Å²) >= 11 is 6.78. The molecule has 0 aliphatic carbocycles. The van der Waals surface area contributed by atoms with E-state index in [2.05, 4.69) is 52.9 Å². The number of nitrogens with one attached hydrogen (secondary N) is 2. The summed E-state index contributed by atoms with van der Waals surface area (Å²) in [5, 5.41) is 8.50. The summed E-state index contributed by atoms with van der Waals surface area (Å²) in [5.41, 5.74) is 8.31. The van der Waals surface area contributed by atoms with Crippen LogP contribution in [0.25, 0.3) is 0 Å². The van der Waals surface area contributed by atoms with Crippen molar-refractivity contribution in [3.05, 3.63) is 134 Å². The zero-order chi connectivity index (χ0) is 27.2. The van der Waals surface area contributed by atoms with Gasteiger partial charge in [0.05, 0.1) is 11.8 Å². The van der Waals surface area contributed by atoms with Gasteiger partial charge in [0, 0.05) is 20.9 Å². The molecule has 0 unspecified atom stereocenters. The van der Waals surface area contributed by atoms with Gasteiger partial charge in [0.1, 0.15) is 17.0 Å². The van der Waals surface area contributed by atoms with Crippen molar-refractivity contribution in [1.82, 2.24) is 10.9 Å². The van der Waals surface area contributed by atoms with Gasteiger partial charge in [-0.3, -0.25) is 10.2 Å². The molecule has 0 saturated carbocycles. The van der Waals surface area contributed by atoms with Gasteiger partial charge in [0.25, 0.3) is 5.91 Å². The number of esters is 1. The maximum absolute atomic E-state index is 13.0. The first-order valence-electron chi connectivity index (χ1n) is 12.0. The van der Waals surface area contributed by atoms with E-state index in [1.165, 1.54) is 6.21 Å². The SMILES string of the molecule is O=C(N/N=C\c1cc(Br)ccc1OC(=O)c1ccc(Br)cc1)C1=NNC(c2ccccc2)(c2ccccc2)C1. The van der Waals surface area contributed by atoms with Gasteiger partial charge in [-0.15, -0.1) is 0 Å². The van der Waals surface area contributed by atoms with Gasteiger partial charge in [-0.1, -0.05) is 92.5 Å². The topological polar surface area (TPSA) is 92.1 Å². The van der Waals surface area contributed by atoms with Gasteiger partial charge < -0.3 is 4.74 Å². The lowest BCUT2D eigenvalue weighted by Gasteiger charge is -2.30. The molecule has 5 rings (SSSR count). The van der Waals surface area contributed by atoms with Crippen LogP contribution in [0.2, 0.25) is 0 Å². The van der Waals surface area contributed by atoms with Crippen molar-refractivity contribution in [2.75, 3.05) is 0 Å². The molecule has 39 heavy (non-hydrogen) atoms. The van der Waals surface area contributed by atoms with Crippen LogP contribution in [-0.4, -0.2) is 23.8 Å². The fourth-order valence-corrected chi connectivity index (χ4v) is 4.90. The predicted molar refractivity (Wildman–Crippen MR) is 158 cm³/mol. The highest BCUT2D eigenvalue weighted by Crippen LogP contribution is 2.36. The summed E-state index contributed by atoms with van der Waals surface area (Å²) in [6.07, 6.45) is 1.77. The molecule has 1 amide bonds. The van der Waals surface area contributed by atoms with Crippen molar-refractivity contribution >= 4 is 55.7 Å². The Bertz CT molecular complexity index is 1520. The number of amides is 1. The standard InChI is InChI=1S/C30H22Br2N4O3/c31-24-13-11-20(12-14-24)29(38)39-27-16-15-25(32)17-21(27)19-33-35-28(37)26-18-30(36-34-26,22-7-3-1-4-8-22)23-9-5-2-6-10-23/h1-17,19,36H,18H2,(H,35,37)/b33-19-. The van der Waals surface area contributed by atoms with E-state index in [1.54, 1.807) is 42.5 Å². The molecule has 4 aromatic carbocycles. The molecule has 0 saturated heterocycles. The molecule has 1 heterocycles. The molecular weight excluding hydrogens is 624 g/mol. The van der Waals surface area contributed by atoms with Gasteiger partial charge in [0.2, 0.25) is 0 Å². The number of hydrogen-bond acceptors (Lipinski definition) is 6. The van der Waals surface area contributed by atoms with Crippen molar-refractivity contribution in [1.29, 1.82) is 0 Å². The summed E-state index contributed by atoms with van der Waals surface area (Å²) < 4.78 is 7.22. The Balaban J connectivity index is 1.30. The molecule has 0 spiro atoms. The van der Waals surface area contributed by atoms with Crippen LogP contribution in [0, 0.1) is 0 Å². The second kappa shape index (κ2) is 11.8. The first-order valence-corrected chi connectivity index (χ1v) is 13.6. The van der Waals surface area contributed by atoms with Crippen LogP contribution in [-0.2, 0) is 10.3 Å². The summed E-state index contributed by atoms with van der Waals surface area (Å²) in [7, 11) is 0. The fraction of sp³-hybridized carbons (Fsp3) is 0.0667. The van der Waals surface area contributed by atoms with Crippen molar-refractivity contribution in [3.8, 4) is 5.75 Å². The molecule has 4 aromatic rings. The molecule has 7 nitrogen and oxygen atoms in total. The summed E-state index contributed by atoms with van der Waals surface area (Å²) in [4.78, 5) is 25.7. The third-order valence-corrected chi connectivity index (χ3v) is 7.26. The summed E-state index contributed by atoms with van der Waals surface area (Å²) in [6, 6.07) is 31.8. The lowest BCUT2D eigenvalue weighted by Crippen LogP contribution is -2.38. The van der Waals surface area contributed by atoms with Gasteiger partial charge in [-0.05, 0) is 53.6 Å². The Labute approximate surface area is 242 Å². The maximum atomic E-state index is 13.0. The third-order valence-electron chi connectivity index (χ3n) is 6.23. The second-order valence-electron chi connectivity index (χ2n) is 8.76. The van der Waals surface area contributed by atoms with Crippen molar-refractivity contribution in [3.63, 3.8) is 0 Å². The van der Waals surface area contributed by atoms with Crippen LogP contribution in [0.3, 0.4) is 0 Å². The number of halogens is 2. The Morgan fingerprint density at radius 3 is 2.13 bits per heavy atom. The van der Waals surface area contributed by atoms with E-state index in [0.717, 1.165) is 20.1 Å². The molecule has 0 bridgehead atoms. The van der Waals surface area contributed by atoms with E-state index in [0.29, 0.717) is 29.0 Å². The largest absolute Gasteiger partial charge is 0.422 e. The van der Waals surface area contributed by atoms with E-state index in [-0.39, 0.29) is 0 Å². The van der Waals surface area contributed by atoms with Crippen LogP contribution < -0.4 is 15.6 Å². The number of nitrogens with zero attached hydrogens (tertiary/aromatic N) is 2. The quantitative estimate of drug-likeness (QED) is 0.109. The average molecular weight is 646 g/mol.